The zero-order valence-corrected chi connectivity index (χ0v) is 24.8. The van der Waals surface area contributed by atoms with Gasteiger partial charge in [-0.2, -0.15) is 5.26 Å². The number of rotatable bonds is 6. The molecule has 0 aliphatic carbocycles. The van der Waals surface area contributed by atoms with E-state index in [0.29, 0.717) is 49.8 Å². The van der Waals surface area contributed by atoms with Crippen molar-refractivity contribution >= 4 is 34.3 Å². The Morgan fingerprint density at radius 3 is 2.77 bits per heavy atom. The third-order valence-electron chi connectivity index (χ3n) is 7.81. The maximum absolute atomic E-state index is 14.2. The number of carbonyl (C=O) groups excluding carboxylic acids is 1. The summed E-state index contributed by atoms with van der Waals surface area (Å²) < 4.78 is 20.7. The van der Waals surface area contributed by atoms with Crippen LogP contribution in [0, 0.1) is 11.3 Å². The van der Waals surface area contributed by atoms with Crippen LogP contribution in [0.25, 0.3) is 17.0 Å². The second kappa shape index (κ2) is 11.0. The number of carbonyl (C=O) groups is 1. The maximum atomic E-state index is 14.2. The van der Waals surface area contributed by atoms with Gasteiger partial charge in [-0.15, -0.1) is 0 Å². The minimum Gasteiger partial charge on any atom is -0.463 e. The number of aromatic nitrogens is 2. The Balaban J connectivity index is 1.39. The summed E-state index contributed by atoms with van der Waals surface area (Å²) in [7, 11) is 0. The summed E-state index contributed by atoms with van der Waals surface area (Å²) in [6, 6.07) is 22.4. The molecule has 44 heavy (non-hydrogen) atoms. The highest BCUT2D eigenvalue weighted by molar-refractivity contribution is 7.07. The Morgan fingerprint density at radius 1 is 1.14 bits per heavy atom. The standard InChI is InChI=1S/C34H26N4O5S/c1-3-41-33(40)30-20(2)36-34-38(31(30)21-12-13-27-28(14-21)43-19-42-27)32(39)29(44-34)15-24-18-37(26-11-7-6-10-25(24)26)17-23-9-5-4-8-22(23)16-35/h4-15,18,31H,3,17,19H2,1-2H3/b29-15+/t31-/m0/s1. The Morgan fingerprint density at radius 2 is 1.93 bits per heavy atom. The summed E-state index contributed by atoms with van der Waals surface area (Å²) in [4.78, 5) is 32.6. The molecule has 4 heterocycles. The lowest BCUT2D eigenvalue weighted by molar-refractivity contribution is -0.139. The van der Waals surface area contributed by atoms with Crippen LogP contribution in [0.5, 0.6) is 11.5 Å². The van der Waals surface area contributed by atoms with Crippen LogP contribution < -0.4 is 24.4 Å². The predicted molar refractivity (Wildman–Crippen MR) is 165 cm³/mol. The Kier molecular flexibility index (Phi) is 6.87. The molecule has 9 nitrogen and oxygen atoms in total. The van der Waals surface area contributed by atoms with Crippen molar-refractivity contribution in [2.24, 2.45) is 4.99 Å². The average Bonchev–Trinajstić information content (AvgIpc) is 3.73. The molecule has 2 aliphatic rings. The van der Waals surface area contributed by atoms with Crippen LogP contribution >= 0.6 is 11.3 Å². The summed E-state index contributed by atoms with van der Waals surface area (Å²) in [5.74, 6) is 0.632. The van der Waals surface area contributed by atoms with Crippen molar-refractivity contribution in [3.8, 4) is 17.6 Å². The van der Waals surface area contributed by atoms with E-state index < -0.39 is 12.0 Å². The highest BCUT2D eigenvalue weighted by Gasteiger charge is 2.34. The minimum absolute atomic E-state index is 0.108. The van der Waals surface area contributed by atoms with Crippen molar-refractivity contribution in [3.63, 3.8) is 0 Å². The van der Waals surface area contributed by atoms with Gasteiger partial charge in [-0.05, 0) is 55.3 Å². The molecule has 5 aromatic rings. The van der Waals surface area contributed by atoms with E-state index in [1.54, 1.807) is 30.5 Å². The quantitative estimate of drug-likeness (QED) is 0.267. The Hall–Kier alpha value is -5.40. The number of nitrogens with zero attached hydrogens (tertiary/aromatic N) is 4. The highest BCUT2D eigenvalue weighted by atomic mass is 32.1. The SMILES string of the molecule is CCOC(=O)C1=C(C)N=c2s/c(=C/c3cn(Cc4ccccc4C#N)c4ccccc34)c(=O)n2[C@H]1c1ccc2c(c1)OCO2. The minimum atomic E-state index is -0.759. The van der Waals surface area contributed by atoms with E-state index >= 15 is 0 Å². The predicted octanol–water partition coefficient (Wildman–Crippen LogP) is 4.40. The number of ether oxygens (including phenoxy) is 3. The summed E-state index contributed by atoms with van der Waals surface area (Å²) in [5, 5.41) is 10.6. The number of para-hydroxylation sites is 1. The number of esters is 1. The molecular formula is C34H26N4O5S. The van der Waals surface area contributed by atoms with E-state index in [1.807, 2.05) is 66.9 Å². The van der Waals surface area contributed by atoms with Gasteiger partial charge in [-0.25, -0.2) is 9.79 Å². The molecular weight excluding hydrogens is 576 g/mol. The van der Waals surface area contributed by atoms with Gasteiger partial charge in [0.15, 0.2) is 16.3 Å². The smallest absolute Gasteiger partial charge is 0.338 e. The van der Waals surface area contributed by atoms with Gasteiger partial charge >= 0.3 is 5.97 Å². The molecule has 0 fully saturated rings. The Bertz CT molecular complexity index is 2230. The first-order valence-electron chi connectivity index (χ1n) is 14.1. The van der Waals surface area contributed by atoms with Gasteiger partial charge in [-0.1, -0.05) is 53.8 Å². The number of thiazole rings is 1. The molecule has 10 heteroatoms. The van der Waals surface area contributed by atoms with Gasteiger partial charge in [-0.3, -0.25) is 9.36 Å². The molecule has 0 spiro atoms. The van der Waals surface area contributed by atoms with Crippen molar-refractivity contribution in [1.29, 1.82) is 5.26 Å². The first-order chi connectivity index (χ1) is 21.5. The van der Waals surface area contributed by atoms with Crippen molar-refractivity contribution in [1.82, 2.24) is 9.13 Å². The highest BCUT2D eigenvalue weighted by Crippen LogP contribution is 2.38. The lowest BCUT2D eigenvalue weighted by Gasteiger charge is -2.24. The maximum Gasteiger partial charge on any atom is 0.338 e. The summed E-state index contributed by atoms with van der Waals surface area (Å²) in [6.45, 7) is 4.31. The largest absolute Gasteiger partial charge is 0.463 e. The van der Waals surface area contributed by atoms with Crippen LogP contribution in [0.1, 0.15) is 42.1 Å². The number of benzene rings is 3. The molecule has 0 unspecified atom stereocenters. The van der Waals surface area contributed by atoms with Crippen LogP contribution in [0.3, 0.4) is 0 Å². The van der Waals surface area contributed by atoms with Gasteiger partial charge < -0.3 is 18.8 Å². The fraction of sp³-hybridized carbons (Fsp3) is 0.176. The topological polar surface area (TPSA) is 108 Å². The molecule has 0 bridgehead atoms. The second-order valence-electron chi connectivity index (χ2n) is 10.4. The second-order valence-corrected chi connectivity index (χ2v) is 11.4. The molecule has 1 atom stereocenters. The average molecular weight is 603 g/mol. The van der Waals surface area contributed by atoms with Crippen molar-refractivity contribution in [2.75, 3.05) is 13.4 Å². The van der Waals surface area contributed by atoms with Gasteiger partial charge in [0, 0.05) is 29.2 Å². The van der Waals surface area contributed by atoms with Crippen molar-refractivity contribution in [3.05, 3.63) is 126 Å². The van der Waals surface area contributed by atoms with Crippen LogP contribution in [-0.4, -0.2) is 28.5 Å². The third-order valence-corrected chi connectivity index (χ3v) is 8.80. The number of nitriles is 1. The third kappa shape index (κ3) is 4.58. The first kappa shape index (κ1) is 27.4. The molecule has 0 saturated carbocycles. The Labute approximate surface area is 255 Å². The lowest BCUT2D eigenvalue weighted by atomic mass is 9.95. The van der Waals surface area contributed by atoms with E-state index in [1.165, 1.54) is 11.3 Å². The monoisotopic (exact) mass is 602 g/mol. The lowest BCUT2D eigenvalue weighted by Crippen LogP contribution is -2.39. The molecule has 0 radical (unpaired) electrons. The van der Waals surface area contributed by atoms with E-state index in [9.17, 15) is 14.9 Å². The van der Waals surface area contributed by atoms with E-state index in [-0.39, 0.29) is 19.0 Å². The van der Waals surface area contributed by atoms with Gasteiger partial charge in [0.1, 0.15) is 0 Å². The number of fused-ring (bicyclic) bond motifs is 3. The molecule has 3 aromatic carbocycles. The van der Waals surface area contributed by atoms with Crippen LogP contribution in [0.4, 0.5) is 0 Å². The van der Waals surface area contributed by atoms with Gasteiger partial charge in [0.25, 0.3) is 5.56 Å². The summed E-state index contributed by atoms with van der Waals surface area (Å²) in [6.07, 6.45) is 3.88. The zero-order chi connectivity index (χ0) is 30.4. The van der Waals surface area contributed by atoms with Crippen molar-refractivity contribution < 1.29 is 19.0 Å². The van der Waals surface area contributed by atoms with Crippen LogP contribution in [0.15, 0.2) is 94.0 Å². The van der Waals surface area contributed by atoms with E-state index in [0.717, 1.165) is 22.0 Å². The fourth-order valence-corrected chi connectivity index (χ4v) is 6.84. The van der Waals surface area contributed by atoms with Crippen LogP contribution in [0.2, 0.25) is 0 Å². The van der Waals surface area contributed by atoms with E-state index in [2.05, 4.69) is 10.6 Å². The first-order valence-corrected chi connectivity index (χ1v) is 14.9. The normalized spacial score (nSPS) is 15.7. The molecule has 218 valence electrons. The molecule has 2 aromatic heterocycles. The van der Waals surface area contributed by atoms with Crippen molar-refractivity contribution in [2.45, 2.75) is 26.4 Å². The van der Waals surface area contributed by atoms with Gasteiger partial charge in [0.05, 0.1) is 40.1 Å². The summed E-state index contributed by atoms with van der Waals surface area (Å²) >= 11 is 1.27. The van der Waals surface area contributed by atoms with E-state index in [4.69, 9.17) is 19.2 Å². The van der Waals surface area contributed by atoms with Gasteiger partial charge in [0.2, 0.25) is 6.79 Å². The van der Waals surface area contributed by atoms with Crippen LogP contribution in [-0.2, 0) is 16.1 Å². The molecule has 2 aliphatic heterocycles. The number of hydrogen-bond donors (Lipinski definition) is 0. The fourth-order valence-electron chi connectivity index (χ4n) is 5.80. The summed E-state index contributed by atoms with van der Waals surface area (Å²) in [5.41, 5.74) is 4.59. The molecule has 0 saturated heterocycles. The zero-order valence-electron chi connectivity index (χ0n) is 23.9. The number of hydrogen-bond acceptors (Lipinski definition) is 8. The number of allylic oxidation sites excluding steroid dienone is 1. The molecule has 7 rings (SSSR count). The molecule has 0 amide bonds. The molecule has 0 N–H and O–H groups in total.